The molecule has 0 aromatic heterocycles. The van der Waals surface area contributed by atoms with E-state index in [9.17, 15) is 0 Å². The topological polar surface area (TPSA) is 12.5 Å². The zero-order valence-electron chi connectivity index (χ0n) is 11.4. The van der Waals surface area contributed by atoms with Gasteiger partial charge in [-0.25, -0.2) is 0 Å². The van der Waals surface area contributed by atoms with Crippen molar-refractivity contribution in [1.82, 2.24) is 4.90 Å². The zero-order chi connectivity index (χ0) is 12.1. The van der Waals surface area contributed by atoms with Crippen LogP contribution in [0.25, 0.3) is 0 Å². The normalized spacial score (nSPS) is 34.2. The summed E-state index contributed by atoms with van der Waals surface area (Å²) < 4.78 is 5.44. The highest BCUT2D eigenvalue weighted by molar-refractivity contribution is 4.91. The van der Waals surface area contributed by atoms with E-state index in [1.807, 2.05) is 7.11 Å². The van der Waals surface area contributed by atoms with E-state index >= 15 is 0 Å². The Hall–Kier alpha value is -0.340. The predicted molar refractivity (Wildman–Crippen MR) is 72.2 cm³/mol. The van der Waals surface area contributed by atoms with Crippen molar-refractivity contribution < 1.29 is 4.74 Å². The van der Waals surface area contributed by atoms with Crippen LogP contribution in [0.15, 0.2) is 12.2 Å². The molecule has 0 N–H and O–H groups in total. The molecule has 0 aromatic carbocycles. The van der Waals surface area contributed by atoms with Crippen molar-refractivity contribution in [2.75, 3.05) is 20.7 Å². The highest BCUT2D eigenvalue weighted by atomic mass is 16.5. The van der Waals surface area contributed by atoms with E-state index < -0.39 is 0 Å². The fourth-order valence-corrected chi connectivity index (χ4v) is 3.30. The van der Waals surface area contributed by atoms with Crippen LogP contribution in [-0.4, -0.2) is 37.7 Å². The van der Waals surface area contributed by atoms with Gasteiger partial charge >= 0.3 is 0 Å². The van der Waals surface area contributed by atoms with Crippen molar-refractivity contribution in [2.45, 2.75) is 57.1 Å². The minimum Gasteiger partial charge on any atom is -0.381 e. The van der Waals surface area contributed by atoms with Gasteiger partial charge in [-0.3, -0.25) is 0 Å². The summed E-state index contributed by atoms with van der Waals surface area (Å²) in [5.41, 5.74) is 0. The largest absolute Gasteiger partial charge is 0.381 e. The second-order valence-corrected chi connectivity index (χ2v) is 5.76. The van der Waals surface area contributed by atoms with E-state index in [0.29, 0.717) is 6.10 Å². The maximum Gasteiger partial charge on any atom is 0.0572 e. The average Bonchev–Trinajstić information content (AvgIpc) is 2.40. The molecular formula is C15H27NO. The molecule has 0 heterocycles. The van der Waals surface area contributed by atoms with Crippen LogP contribution in [0.3, 0.4) is 0 Å². The number of ether oxygens (including phenoxy) is 1. The van der Waals surface area contributed by atoms with Gasteiger partial charge in [0.2, 0.25) is 0 Å². The van der Waals surface area contributed by atoms with Crippen LogP contribution < -0.4 is 0 Å². The lowest BCUT2D eigenvalue weighted by Crippen LogP contribution is -2.39. The highest BCUT2D eigenvalue weighted by Gasteiger charge is 2.25. The van der Waals surface area contributed by atoms with Gasteiger partial charge in [-0.2, -0.15) is 0 Å². The number of rotatable bonds is 4. The SMILES string of the molecule is COC1CCC(N(C)C[C@@H]2CC=CCC2)CC1. The van der Waals surface area contributed by atoms with Crippen LogP contribution >= 0.6 is 0 Å². The Morgan fingerprint density at radius 3 is 2.47 bits per heavy atom. The van der Waals surface area contributed by atoms with Crippen LogP contribution in [0.2, 0.25) is 0 Å². The molecule has 0 radical (unpaired) electrons. The van der Waals surface area contributed by atoms with Crippen molar-refractivity contribution in [3.63, 3.8) is 0 Å². The summed E-state index contributed by atoms with van der Waals surface area (Å²) in [7, 11) is 4.17. The molecule has 0 bridgehead atoms. The molecule has 17 heavy (non-hydrogen) atoms. The maximum atomic E-state index is 5.44. The first-order chi connectivity index (χ1) is 8.29. The van der Waals surface area contributed by atoms with Crippen LogP contribution in [0.4, 0.5) is 0 Å². The van der Waals surface area contributed by atoms with Crippen LogP contribution in [-0.2, 0) is 4.74 Å². The Labute approximate surface area is 106 Å². The fourth-order valence-electron chi connectivity index (χ4n) is 3.30. The molecule has 1 atom stereocenters. The molecular weight excluding hydrogens is 210 g/mol. The first-order valence-corrected chi connectivity index (χ1v) is 7.17. The van der Waals surface area contributed by atoms with E-state index in [1.165, 1.54) is 51.5 Å². The fraction of sp³-hybridized carbons (Fsp3) is 0.867. The van der Waals surface area contributed by atoms with Crippen LogP contribution in [0.1, 0.15) is 44.9 Å². The summed E-state index contributed by atoms with van der Waals surface area (Å²) >= 11 is 0. The van der Waals surface area contributed by atoms with Crippen molar-refractivity contribution >= 4 is 0 Å². The van der Waals surface area contributed by atoms with E-state index in [4.69, 9.17) is 4.74 Å². The Balaban J connectivity index is 1.72. The quantitative estimate of drug-likeness (QED) is 0.696. The molecule has 2 rings (SSSR count). The summed E-state index contributed by atoms with van der Waals surface area (Å²) in [6, 6.07) is 0.798. The third-order valence-electron chi connectivity index (χ3n) is 4.52. The predicted octanol–water partition coefficient (Wildman–Crippen LogP) is 3.23. The molecule has 0 unspecified atom stereocenters. The number of hydrogen-bond acceptors (Lipinski definition) is 2. The Bertz CT molecular complexity index is 243. The zero-order valence-corrected chi connectivity index (χ0v) is 11.4. The van der Waals surface area contributed by atoms with Gasteiger partial charge in [0, 0.05) is 19.7 Å². The van der Waals surface area contributed by atoms with E-state index in [1.54, 1.807) is 0 Å². The smallest absolute Gasteiger partial charge is 0.0572 e. The van der Waals surface area contributed by atoms with Gasteiger partial charge in [0.25, 0.3) is 0 Å². The van der Waals surface area contributed by atoms with E-state index in [2.05, 4.69) is 24.1 Å². The van der Waals surface area contributed by atoms with Gasteiger partial charge in [-0.1, -0.05) is 12.2 Å². The summed E-state index contributed by atoms with van der Waals surface area (Å²) in [5, 5.41) is 0. The van der Waals surface area contributed by atoms with Gasteiger partial charge in [0.15, 0.2) is 0 Å². The van der Waals surface area contributed by atoms with Gasteiger partial charge in [0.05, 0.1) is 6.10 Å². The highest BCUT2D eigenvalue weighted by Crippen LogP contribution is 2.26. The second kappa shape index (κ2) is 6.55. The number of allylic oxidation sites excluding steroid dienone is 2. The first-order valence-electron chi connectivity index (χ1n) is 7.17. The van der Waals surface area contributed by atoms with Crippen molar-refractivity contribution in [3.8, 4) is 0 Å². The van der Waals surface area contributed by atoms with Crippen LogP contribution in [0.5, 0.6) is 0 Å². The molecule has 0 saturated heterocycles. The van der Waals surface area contributed by atoms with Gasteiger partial charge in [0.1, 0.15) is 0 Å². The van der Waals surface area contributed by atoms with Crippen LogP contribution in [0, 0.1) is 5.92 Å². The second-order valence-electron chi connectivity index (χ2n) is 5.76. The molecule has 2 aliphatic carbocycles. The number of hydrogen-bond donors (Lipinski definition) is 0. The first kappa shape index (κ1) is 13.1. The Kier molecular flexibility index (Phi) is 5.05. The molecule has 1 saturated carbocycles. The van der Waals surface area contributed by atoms with Gasteiger partial charge in [-0.05, 0) is 57.9 Å². The van der Waals surface area contributed by atoms with E-state index in [-0.39, 0.29) is 0 Å². The molecule has 2 aliphatic rings. The standard InChI is InChI=1S/C15H27NO/c1-16(12-13-6-4-3-5-7-13)14-8-10-15(17-2)11-9-14/h3-4,13-15H,5-12H2,1-2H3/t13-,14?,15?/m1/s1. The molecule has 98 valence electrons. The average molecular weight is 237 g/mol. The molecule has 0 amide bonds. The number of methoxy groups -OCH3 is 1. The van der Waals surface area contributed by atoms with Crippen molar-refractivity contribution in [2.24, 2.45) is 5.92 Å². The maximum absolute atomic E-state index is 5.44. The summed E-state index contributed by atoms with van der Waals surface area (Å²) in [6.45, 7) is 1.28. The number of nitrogens with zero attached hydrogens (tertiary/aromatic N) is 1. The monoisotopic (exact) mass is 237 g/mol. The molecule has 2 nitrogen and oxygen atoms in total. The summed E-state index contributed by atoms with van der Waals surface area (Å²) in [4.78, 5) is 2.61. The van der Waals surface area contributed by atoms with E-state index in [0.717, 1.165) is 12.0 Å². The molecule has 0 aliphatic heterocycles. The minimum absolute atomic E-state index is 0.525. The molecule has 2 heteroatoms. The molecule has 1 fully saturated rings. The van der Waals surface area contributed by atoms with Gasteiger partial charge < -0.3 is 9.64 Å². The third kappa shape index (κ3) is 3.82. The lowest BCUT2D eigenvalue weighted by molar-refractivity contribution is 0.0409. The van der Waals surface area contributed by atoms with Crippen molar-refractivity contribution in [1.29, 1.82) is 0 Å². The van der Waals surface area contributed by atoms with Crippen molar-refractivity contribution in [3.05, 3.63) is 12.2 Å². The Morgan fingerprint density at radius 2 is 1.88 bits per heavy atom. The summed E-state index contributed by atoms with van der Waals surface area (Å²) in [5.74, 6) is 0.894. The third-order valence-corrected chi connectivity index (χ3v) is 4.52. The minimum atomic E-state index is 0.525. The lowest BCUT2D eigenvalue weighted by Gasteiger charge is -2.36. The lowest BCUT2D eigenvalue weighted by atomic mass is 9.89. The molecule has 0 spiro atoms. The molecule has 0 aromatic rings. The van der Waals surface area contributed by atoms with Gasteiger partial charge in [-0.15, -0.1) is 0 Å². The summed E-state index contributed by atoms with van der Waals surface area (Å²) in [6.07, 6.45) is 14.3. The Morgan fingerprint density at radius 1 is 1.12 bits per heavy atom.